The monoisotopic (exact) mass is 431 g/mol. The van der Waals surface area contributed by atoms with Gasteiger partial charge in [0.2, 0.25) is 0 Å². The van der Waals surface area contributed by atoms with Crippen molar-refractivity contribution in [1.82, 2.24) is 19.9 Å². The number of nitrogens with zero attached hydrogens (tertiary/aromatic N) is 4. The van der Waals surface area contributed by atoms with E-state index in [2.05, 4.69) is 20.3 Å². The molecule has 164 valence electrons. The van der Waals surface area contributed by atoms with Crippen molar-refractivity contribution in [1.29, 1.82) is 0 Å². The lowest BCUT2D eigenvalue weighted by Crippen LogP contribution is -2.40. The van der Waals surface area contributed by atoms with Crippen molar-refractivity contribution in [3.63, 3.8) is 0 Å². The Morgan fingerprint density at radius 1 is 1.12 bits per heavy atom. The van der Waals surface area contributed by atoms with Gasteiger partial charge in [0.1, 0.15) is 17.3 Å². The summed E-state index contributed by atoms with van der Waals surface area (Å²) < 4.78 is 5.14. The third-order valence-corrected chi connectivity index (χ3v) is 5.55. The van der Waals surface area contributed by atoms with Crippen LogP contribution in [-0.4, -0.2) is 51.9 Å². The lowest BCUT2D eigenvalue weighted by molar-refractivity contribution is 0.0698. The number of ether oxygens (including phenoxy) is 1. The van der Waals surface area contributed by atoms with Gasteiger partial charge < -0.3 is 15.0 Å². The molecule has 1 atom stereocenters. The summed E-state index contributed by atoms with van der Waals surface area (Å²) in [6.45, 7) is 3.02. The van der Waals surface area contributed by atoms with Crippen LogP contribution in [0.15, 0.2) is 54.9 Å². The molecule has 0 spiro atoms. The highest BCUT2D eigenvalue weighted by molar-refractivity contribution is 6.04. The maximum atomic E-state index is 12.8. The molecule has 0 aliphatic carbocycles. The third kappa shape index (κ3) is 4.74. The normalized spacial score (nSPS) is 15.8. The summed E-state index contributed by atoms with van der Waals surface area (Å²) in [5.74, 6) is 1.04. The molecule has 1 saturated heterocycles. The number of hydrogen-bond donors (Lipinski definition) is 1. The molecule has 1 N–H and O–H groups in total. The number of amides is 2. The van der Waals surface area contributed by atoms with Gasteiger partial charge >= 0.3 is 0 Å². The second-order valence-corrected chi connectivity index (χ2v) is 7.72. The molecule has 3 aromatic rings. The van der Waals surface area contributed by atoms with Crippen LogP contribution in [0.4, 0.5) is 5.69 Å². The van der Waals surface area contributed by atoms with Crippen molar-refractivity contribution >= 4 is 17.5 Å². The smallest absolute Gasteiger partial charge is 0.272 e. The van der Waals surface area contributed by atoms with E-state index in [-0.39, 0.29) is 17.7 Å². The Hall–Kier alpha value is -3.81. The van der Waals surface area contributed by atoms with Gasteiger partial charge in [-0.1, -0.05) is 6.07 Å². The van der Waals surface area contributed by atoms with Crippen LogP contribution in [0.5, 0.6) is 5.75 Å². The number of methoxy groups -OCH3 is 1. The number of rotatable bonds is 5. The molecule has 8 heteroatoms. The van der Waals surface area contributed by atoms with E-state index >= 15 is 0 Å². The molecular formula is C24H25N5O3. The molecule has 8 nitrogen and oxygen atoms in total. The number of piperidine rings is 1. The number of anilines is 1. The molecule has 0 unspecified atom stereocenters. The molecule has 32 heavy (non-hydrogen) atoms. The summed E-state index contributed by atoms with van der Waals surface area (Å²) in [6.07, 6.45) is 4.95. The van der Waals surface area contributed by atoms with Gasteiger partial charge in [0.25, 0.3) is 11.8 Å². The average molecular weight is 431 g/mol. The highest BCUT2D eigenvalue weighted by Crippen LogP contribution is 2.26. The molecule has 1 aliphatic rings. The Kier molecular flexibility index (Phi) is 6.39. The number of pyridine rings is 1. The van der Waals surface area contributed by atoms with Crippen LogP contribution >= 0.6 is 0 Å². The van der Waals surface area contributed by atoms with Crippen LogP contribution < -0.4 is 10.1 Å². The Bertz CT molecular complexity index is 1100. The number of aryl methyl sites for hydroxylation is 1. The fourth-order valence-electron chi connectivity index (χ4n) is 3.80. The summed E-state index contributed by atoms with van der Waals surface area (Å²) in [6, 6.07) is 12.4. The van der Waals surface area contributed by atoms with Gasteiger partial charge in [0.15, 0.2) is 0 Å². The number of carbonyl (C=O) groups excluding carboxylic acids is 2. The lowest BCUT2D eigenvalue weighted by atomic mass is 9.96. The van der Waals surface area contributed by atoms with E-state index in [0.717, 1.165) is 18.6 Å². The van der Waals surface area contributed by atoms with Crippen molar-refractivity contribution in [2.45, 2.75) is 25.7 Å². The molecular weight excluding hydrogens is 406 g/mol. The summed E-state index contributed by atoms with van der Waals surface area (Å²) >= 11 is 0. The summed E-state index contributed by atoms with van der Waals surface area (Å²) in [5, 5.41) is 2.86. The summed E-state index contributed by atoms with van der Waals surface area (Å²) in [7, 11) is 1.59. The van der Waals surface area contributed by atoms with Crippen LogP contribution in [-0.2, 0) is 0 Å². The van der Waals surface area contributed by atoms with E-state index < -0.39 is 0 Å². The van der Waals surface area contributed by atoms with E-state index in [1.54, 1.807) is 67.7 Å². The summed E-state index contributed by atoms with van der Waals surface area (Å²) in [5.41, 5.74) is 2.13. The van der Waals surface area contributed by atoms with Gasteiger partial charge in [0, 0.05) is 37.1 Å². The SMILES string of the molecule is COc1ccc(NC(=O)c2cnc([C@@H]3CCCN(C(=O)c4ccccn4)C3)nc2C)cc1. The number of benzene rings is 1. The quantitative estimate of drug-likeness (QED) is 0.664. The van der Waals surface area contributed by atoms with Crippen LogP contribution in [0, 0.1) is 6.92 Å². The number of carbonyl (C=O) groups is 2. The van der Waals surface area contributed by atoms with Crippen molar-refractivity contribution < 1.29 is 14.3 Å². The van der Waals surface area contributed by atoms with Gasteiger partial charge in [-0.05, 0) is 56.2 Å². The van der Waals surface area contributed by atoms with E-state index in [1.165, 1.54) is 0 Å². The zero-order valence-corrected chi connectivity index (χ0v) is 18.1. The first-order valence-electron chi connectivity index (χ1n) is 10.5. The molecule has 2 amide bonds. The van der Waals surface area contributed by atoms with E-state index in [4.69, 9.17) is 4.74 Å². The first-order chi connectivity index (χ1) is 15.5. The first-order valence-corrected chi connectivity index (χ1v) is 10.5. The highest BCUT2D eigenvalue weighted by Gasteiger charge is 2.28. The van der Waals surface area contributed by atoms with Crippen molar-refractivity contribution in [2.24, 2.45) is 0 Å². The van der Waals surface area contributed by atoms with E-state index in [9.17, 15) is 9.59 Å². The van der Waals surface area contributed by atoms with E-state index in [0.29, 0.717) is 41.6 Å². The number of nitrogens with one attached hydrogen (secondary N) is 1. The number of aromatic nitrogens is 3. The average Bonchev–Trinajstić information content (AvgIpc) is 2.84. The largest absolute Gasteiger partial charge is 0.497 e. The third-order valence-electron chi connectivity index (χ3n) is 5.55. The van der Waals surface area contributed by atoms with Gasteiger partial charge in [0.05, 0.1) is 18.4 Å². The minimum atomic E-state index is -0.269. The number of likely N-dealkylation sites (tertiary alicyclic amines) is 1. The standard InChI is InChI=1S/C24H25N5O3/c1-16-20(23(30)28-18-8-10-19(32-2)11-9-18)14-26-22(27-16)17-6-5-13-29(15-17)24(31)21-7-3-4-12-25-21/h3-4,7-12,14,17H,5-6,13,15H2,1-2H3,(H,28,30)/t17-/m1/s1. The van der Waals surface area contributed by atoms with E-state index in [1.807, 2.05) is 6.07 Å². The molecule has 4 rings (SSSR count). The predicted octanol–water partition coefficient (Wildman–Crippen LogP) is 3.46. The molecule has 1 aliphatic heterocycles. The second kappa shape index (κ2) is 9.55. The summed E-state index contributed by atoms with van der Waals surface area (Å²) in [4.78, 5) is 40.5. The van der Waals surface area contributed by atoms with Crippen molar-refractivity contribution in [3.05, 3.63) is 77.6 Å². The van der Waals surface area contributed by atoms with Gasteiger partial charge in [-0.25, -0.2) is 9.97 Å². The molecule has 0 bridgehead atoms. The van der Waals surface area contributed by atoms with Crippen LogP contribution in [0.3, 0.4) is 0 Å². The molecule has 1 fully saturated rings. The fraction of sp³-hybridized carbons (Fsp3) is 0.292. The predicted molar refractivity (Wildman–Crippen MR) is 120 cm³/mol. The Morgan fingerprint density at radius 2 is 1.94 bits per heavy atom. The first kappa shape index (κ1) is 21.4. The zero-order chi connectivity index (χ0) is 22.5. The Balaban J connectivity index is 1.45. The van der Waals surface area contributed by atoms with Gasteiger partial charge in [-0.3, -0.25) is 14.6 Å². The molecule has 0 radical (unpaired) electrons. The number of hydrogen-bond acceptors (Lipinski definition) is 6. The van der Waals surface area contributed by atoms with Crippen LogP contribution in [0.1, 0.15) is 51.1 Å². The fourth-order valence-corrected chi connectivity index (χ4v) is 3.80. The Labute approximate surface area is 186 Å². The maximum absolute atomic E-state index is 12.8. The molecule has 3 heterocycles. The zero-order valence-electron chi connectivity index (χ0n) is 18.1. The molecule has 1 aromatic carbocycles. The topological polar surface area (TPSA) is 97.3 Å². The van der Waals surface area contributed by atoms with Gasteiger partial charge in [-0.15, -0.1) is 0 Å². The van der Waals surface area contributed by atoms with Gasteiger partial charge in [-0.2, -0.15) is 0 Å². The minimum Gasteiger partial charge on any atom is -0.497 e. The maximum Gasteiger partial charge on any atom is 0.272 e. The lowest BCUT2D eigenvalue weighted by Gasteiger charge is -2.32. The minimum absolute atomic E-state index is 0.0220. The molecule has 0 saturated carbocycles. The Morgan fingerprint density at radius 3 is 2.62 bits per heavy atom. The molecule has 2 aromatic heterocycles. The van der Waals surface area contributed by atoms with Crippen LogP contribution in [0.25, 0.3) is 0 Å². The highest BCUT2D eigenvalue weighted by atomic mass is 16.5. The van der Waals surface area contributed by atoms with Crippen molar-refractivity contribution in [2.75, 3.05) is 25.5 Å². The second-order valence-electron chi connectivity index (χ2n) is 7.72. The van der Waals surface area contributed by atoms with Crippen LogP contribution in [0.2, 0.25) is 0 Å². The van der Waals surface area contributed by atoms with Crippen molar-refractivity contribution in [3.8, 4) is 5.75 Å².